The van der Waals surface area contributed by atoms with Crippen molar-refractivity contribution in [3.63, 3.8) is 0 Å². The van der Waals surface area contributed by atoms with Crippen LogP contribution in [0.5, 0.6) is 0 Å². The lowest BCUT2D eigenvalue weighted by Crippen LogP contribution is -2.41. The third-order valence-electron chi connectivity index (χ3n) is 2.75. The van der Waals surface area contributed by atoms with E-state index in [4.69, 9.17) is 0 Å². The summed E-state index contributed by atoms with van der Waals surface area (Å²) in [5.41, 5.74) is 0. The summed E-state index contributed by atoms with van der Waals surface area (Å²) in [4.78, 5) is 15.5. The largest absolute Gasteiger partial charge is 0.356 e. The third-order valence-corrected chi connectivity index (χ3v) is 2.75. The fourth-order valence-corrected chi connectivity index (χ4v) is 1.58. The molecule has 3 N–H and O–H groups in total. The van der Waals surface area contributed by atoms with Crippen molar-refractivity contribution in [1.29, 1.82) is 0 Å². The molecule has 0 spiro atoms. The fraction of sp³-hybridized carbons (Fsp3) is 0.833. The Bertz CT molecular complexity index is 288. The van der Waals surface area contributed by atoms with Crippen LogP contribution in [0.4, 0.5) is 0 Å². The van der Waals surface area contributed by atoms with E-state index < -0.39 is 0 Å². The molecule has 98 valence electrons. The number of rotatable bonds is 5. The van der Waals surface area contributed by atoms with Gasteiger partial charge in [0, 0.05) is 32.1 Å². The Balaban J connectivity index is 2.13. The lowest BCUT2D eigenvalue weighted by Gasteiger charge is -2.12. The molecule has 1 fully saturated rings. The van der Waals surface area contributed by atoms with Crippen LogP contribution in [0, 0.1) is 5.92 Å². The maximum absolute atomic E-state index is 11.4. The summed E-state index contributed by atoms with van der Waals surface area (Å²) >= 11 is 0. The van der Waals surface area contributed by atoms with Crippen molar-refractivity contribution in [2.45, 2.75) is 45.7 Å². The molecule has 0 aromatic rings. The summed E-state index contributed by atoms with van der Waals surface area (Å²) in [6.07, 6.45) is 1.67. The van der Waals surface area contributed by atoms with E-state index in [-0.39, 0.29) is 11.9 Å². The van der Waals surface area contributed by atoms with Gasteiger partial charge in [-0.3, -0.25) is 9.79 Å². The SMILES string of the molecule is CN=C(NCCC(=O)NC(C)C)NC1CC1C. The lowest BCUT2D eigenvalue weighted by molar-refractivity contribution is -0.121. The highest BCUT2D eigenvalue weighted by Gasteiger charge is 2.33. The van der Waals surface area contributed by atoms with Gasteiger partial charge >= 0.3 is 0 Å². The molecule has 1 amide bonds. The Morgan fingerprint density at radius 3 is 2.59 bits per heavy atom. The van der Waals surface area contributed by atoms with Gasteiger partial charge in [-0.2, -0.15) is 0 Å². The van der Waals surface area contributed by atoms with Crippen LogP contribution in [0.15, 0.2) is 4.99 Å². The van der Waals surface area contributed by atoms with Gasteiger partial charge in [0.1, 0.15) is 0 Å². The summed E-state index contributed by atoms with van der Waals surface area (Å²) in [7, 11) is 1.75. The molecule has 1 rings (SSSR count). The summed E-state index contributed by atoms with van der Waals surface area (Å²) in [5, 5.41) is 9.31. The molecule has 0 heterocycles. The molecular weight excluding hydrogens is 216 g/mol. The topological polar surface area (TPSA) is 65.5 Å². The number of guanidine groups is 1. The van der Waals surface area contributed by atoms with Gasteiger partial charge in [-0.15, -0.1) is 0 Å². The van der Waals surface area contributed by atoms with Crippen LogP contribution in [-0.4, -0.2) is 37.5 Å². The van der Waals surface area contributed by atoms with Gasteiger partial charge < -0.3 is 16.0 Å². The Labute approximate surface area is 103 Å². The molecule has 1 aliphatic carbocycles. The number of aliphatic imine (C=N–C) groups is 1. The van der Waals surface area contributed by atoms with E-state index in [0.717, 1.165) is 11.9 Å². The molecule has 1 aliphatic rings. The van der Waals surface area contributed by atoms with Crippen LogP contribution >= 0.6 is 0 Å². The van der Waals surface area contributed by atoms with Gasteiger partial charge in [-0.05, 0) is 26.2 Å². The van der Waals surface area contributed by atoms with Gasteiger partial charge in [0.15, 0.2) is 5.96 Å². The maximum Gasteiger partial charge on any atom is 0.221 e. The van der Waals surface area contributed by atoms with Crippen LogP contribution in [0.1, 0.15) is 33.6 Å². The van der Waals surface area contributed by atoms with Crippen molar-refractivity contribution in [2.75, 3.05) is 13.6 Å². The summed E-state index contributed by atoms with van der Waals surface area (Å²) in [5.74, 6) is 1.59. The van der Waals surface area contributed by atoms with E-state index >= 15 is 0 Å². The Morgan fingerprint density at radius 1 is 1.47 bits per heavy atom. The molecule has 0 aliphatic heterocycles. The van der Waals surface area contributed by atoms with Crippen LogP contribution < -0.4 is 16.0 Å². The monoisotopic (exact) mass is 240 g/mol. The molecule has 2 unspecified atom stereocenters. The Kier molecular flexibility index (Phi) is 5.25. The minimum Gasteiger partial charge on any atom is -0.356 e. The second-order valence-corrected chi connectivity index (χ2v) is 4.94. The molecule has 5 heteroatoms. The van der Waals surface area contributed by atoms with Crippen molar-refractivity contribution in [3.8, 4) is 0 Å². The van der Waals surface area contributed by atoms with E-state index in [1.54, 1.807) is 7.05 Å². The van der Waals surface area contributed by atoms with Gasteiger partial charge in [-0.25, -0.2) is 0 Å². The minimum atomic E-state index is 0.0720. The second kappa shape index (κ2) is 6.47. The first-order valence-corrected chi connectivity index (χ1v) is 6.29. The van der Waals surface area contributed by atoms with Gasteiger partial charge in [-0.1, -0.05) is 6.92 Å². The second-order valence-electron chi connectivity index (χ2n) is 4.94. The molecule has 5 nitrogen and oxygen atoms in total. The van der Waals surface area contributed by atoms with E-state index in [1.807, 2.05) is 13.8 Å². The predicted octanol–water partition coefficient (Wildman–Crippen LogP) is 0.475. The smallest absolute Gasteiger partial charge is 0.221 e. The van der Waals surface area contributed by atoms with Crippen molar-refractivity contribution in [3.05, 3.63) is 0 Å². The van der Waals surface area contributed by atoms with E-state index in [9.17, 15) is 4.79 Å². The van der Waals surface area contributed by atoms with Crippen molar-refractivity contribution in [1.82, 2.24) is 16.0 Å². The zero-order valence-corrected chi connectivity index (χ0v) is 11.2. The molecule has 1 saturated carbocycles. The first kappa shape index (κ1) is 13.8. The van der Waals surface area contributed by atoms with Crippen LogP contribution in [0.2, 0.25) is 0 Å². The molecule has 2 atom stereocenters. The molecule has 0 bridgehead atoms. The average molecular weight is 240 g/mol. The van der Waals surface area contributed by atoms with E-state index in [1.165, 1.54) is 6.42 Å². The number of hydrogen-bond acceptors (Lipinski definition) is 2. The zero-order valence-electron chi connectivity index (χ0n) is 11.2. The molecule has 0 radical (unpaired) electrons. The molecular formula is C12H24N4O. The van der Waals surface area contributed by atoms with Crippen LogP contribution in [0.3, 0.4) is 0 Å². The average Bonchev–Trinajstić information content (AvgIpc) is 2.91. The van der Waals surface area contributed by atoms with E-state index in [2.05, 4.69) is 27.9 Å². The lowest BCUT2D eigenvalue weighted by atomic mass is 10.3. The fourth-order valence-electron chi connectivity index (χ4n) is 1.58. The number of amides is 1. The quantitative estimate of drug-likeness (QED) is 0.483. The molecule has 0 saturated heterocycles. The first-order valence-electron chi connectivity index (χ1n) is 6.29. The zero-order chi connectivity index (χ0) is 12.8. The number of carbonyl (C=O) groups excluding carboxylic acids is 1. The highest BCUT2D eigenvalue weighted by atomic mass is 16.1. The van der Waals surface area contributed by atoms with Gasteiger partial charge in [0.05, 0.1) is 0 Å². The van der Waals surface area contributed by atoms with Gasteiger partial charge in [0.25, 0.3) is 0 Å². The van der Waals surface area contributed by atoms with E-state index in [0.29, 0.717) is 19.0 Å². The maximum atomic E-state index is 11.4. The Hall–Kier alpha value is -1.26. The normalized spacial score (nSPS) is 23.5. The predicted molar refractivity (Wildman–Crippen MR) is 70.0 cm³/mol. The third kappa shape index (κ3) is 5.56. The highest BCUT2D eigenvalue weighted by Crippen LogP contribution is 2.28. The number of nitrogens with zero attached hydrogens (tertiary/aromatic N) is 1. The standard InChI is InChI=1S/C12H24N4O/c1-8(2)15-11(17)5-6-14-12(13-4)16-10-7-9(10)3/h8-10H,5-7H2,1-4H3,(H,15,17)(H2,13,14,16). The van der Waals surface area contributed by atoms with Crippen molar-refractivity contribution >= 4 is 11.9 Å². The first-order chi connectivity index (χ1) is 8.02. The molecule has 0 aromatic carbocycles. The Morgan fingerprint density at radius 2 is 2.12 bits per heavy atom. The summed E-state index contributed by atoms with van der Waals surface area (Å²) in [6.45, 7) is 6.74. The number of nitrogens with one attached hydrogen (secondary N) is 3. The number of hydrogen-bond donors (Lipinski definition) is 3. The number of carbonyl (C=O) groups is 1. The molecule has 0 aromatic heterocycles. The van der Waals surface area contributed by atoms with Crippen molar-refractivity contribution < 1.29 is 4.79 Å². The molecule has 17 heavy (non-hydrogen) atoms. The highest BCUT2D eigenvalue weighted by molar-refractivity contribution is 5.81. The van der Waals surface area contributed by atoms with Gasteiger partial charge in [0.2, 0.25) is 5.91 Å². The van der Waals surface area contributed by atoms with Crippen LogP contribution in [-0.2, 0) is 4.79 Å². The van der Waals surface area contributed by atoms with Crippen molar-refractivity contribution in [2.24, 2.45) is 10.9 Å². The summed E-state index contributed by atoms with van der Waals surface area (Å²) < 4.78 is 0. The summed E-state index contributed by atoms with van der Waals surface area (Å²) in [6, 6.07) is 0.748. The minimum absolute atomic E-state index is 0.0720. The van der Waals surface area contributed by atoms with Crippen LogP contribution in [0.25, 0.3) is 0 Å².